The average Bonchev–Trinajstić information content (AvgIpc) is 2.24. The van der Waals surface area contributed by atoms with Crippen molar-refractivity contribution in [1.29, 1.82) is 0 Å². The van der Waals surface area contributed by atoms with Crippen molar-refractivity contribution >= 4 is 5.97 Å². The first-order chi connectivity index (χ1) is 7.88. The van der Waals surface area contributed by atoms with Gasteiger partial charge in [0.1, 0.15) is 0 Å². The Balaban J connectivity index is 3.23. The lowest BCUT2D eigenvalue weighted by molar-refractivity contribution is 0.0694. The molecule has 0 fully saturated rings. The van der Waals surface area contributed by atoms with E-state index in [9.17, 15) is 9.90 Å². The maximum Gasteiger partial charge on any atom is 0.335 e. The van der Waals surface area contributed by atoms with Crippen LogP contribution in [-0.2, 0) is 0 Å². The van der Waals surface area contributed by atoms with Crippen LogP contribution in [0.15, 0.2) is 24.3 Å². The second kappa shape index (κ2) is 5.35. The minimum atomic E-state index is -0.828. The van der Waals surface area contributed by atoms with Crippen molar-refractivity contribution in [2.45, 2.75) is 46.5 Å². The standard InChI is InChI=1S/C15H22O2/c1-5-8-13(15(2,3)4)11-9-6-7-10-12(11)14(16)17/h6-7,9-10,13H,5,8H2,1-4H3,(H,16,17). The first-order valence-corrected chi connectivity index (χ1v) is 6.20. The van der Waals surface area contributed by atoms with Crippen molar-refractivity contribution in [3.8, 4) is 0 Å². The zero-order valence-electron chi connectivity index (χ0n) is 11.2. The van der Waals surface area contributed by atoms with Gasteiger partial charge >= 0.3 is 5.97 Å². The Morgan fingerprint density at radius 2 is 1.88 bits per heavy atom. The van der Waals surface area contributed by atoms with Crippen molar-refractivity contribution < 1.29 is 9.90 Å². The minimum Gasteiger partial charge on any atom is -0.478 e. The zero-order chi connectivity index (χ0) is 13.1. The third-order valence-electron chi connectivity index (χ3n) is 3.19. The molecule has 2 nitrogen and oxygen atoms in total. The molecule has 0 saturated carbocycles. The Bertz CT molecular complexity index is 388. The molecule has 0 heterocycles. The molecule has 2 heteroatoms. The van der Waals surface area contributed by atoms with E-state index in [1.165, 1.54) is 0 Å². The molecule has 0 aliphatic heterocycles. The molecule has 1 aromatic carbocycles. The van der Waals surface area contributed by atoms with Crippen molar-refractivity contribution in [1.82, 2.24) is 0 Å². The molecule has 1 N–H and O–H groups in total. The molecular formula is C15H22O2. The number of aromatic carboxylic acids is 1. The normalized spacial score (nSPS) is 13.4. The van der Waals surface area contributed by atoms with Gasteiger partial charge in [0.2, 0.25) is 0 Å². The summed E-state index contributed by atoms with van der Waals surface area (Å²) in [6, 6.07) is 7.37. The molecule has 1 aromatic rings. The molecule has 17 heavy (non-hydrogen) atoms. The fourth-order valence-electron chi connectivity index (χ4n) is 2.34. The summed E-state index contributed by atoms with van der Waals surface area (Å²) in [4.78, 5) is 11.3. The molecule has 0 aliphatic carbocycles. The van der Waals surface area contributed by atoms with E-state index in [1.54, 1.807) is 12.1 Å². The van der Waals surface area contributed by atoms with Gasteiger partial charge in [-0.3, -0.25) is 0 Å². The van der Waals surface area contributed by atoms with Crippen LogP contribution in [-0.4, -0.2) is 11.1 Å². The Morgan fingerprint density at radius 3 is 2.35 bits per heavy atom. The summed E-state index contributed by atoms with van der Waals surface area (Å²) in [6.07, 6.45) is 2.09. The van der Waals surface area contributed by atoms with Crippen LogP contribution in [0.1, 0.15) is 62.4 Å². The van der Waals surface area contributed by atoms with Crippen LogP contribution in [0.3, 0.4) is 0 Å². The van der Waals surface area contributed by atoms with Crippen LogP contribution in [0.2, 0.25) is 0 Å². The van der Waals surface area contributed by atoms with E-state index in [4.69, 9.17) is 0 Å². The molecule has 0 bridgehead atoms. The maximum atomic E-state index is 11.3. The Kier molecular flexibility index (Phi) is 4.33. The number of hydrogen-bond acceptors (Lipinski definition) is 1. The Labute approximate surface area is 104 Å². The van der Waals surface area contributed by atoms with Crippen molar-refractivity contribution in [3.05, 3.63) is 35.4 Å². The number of hydrogen-bond donors (Lipinski definition) is 1. The second-order valence-electron chi connectivity index (χ2n) is 5.60. The largest absolute Gasteiger partial charge is 0.478 e. The van der Waals surface area contributed by atoms with Gasteiger partial charge in [-0.25, -0.2) is 4.79 Å². The molecule has 94 valence electrons. The number of benzene rings is 1. The third kappa shape index (κ3) is 3.32. The fourth-order valence-corrected chi connectivity index (χ4v) is 2.34. The minimum absolute atomic E-state index is 0.0849. The number of carbonyl (C=O) groups is 1. The van der Waals surface area contributed by atoms with Crippen LogP contribution < -0.4 is 0 Å². The summed E-state index contributed by atoms with van der Waals surface area (Å²) in [5, 5.41) is 9.25. The summed E-state index contributed by atoms with van der Waals surface area (Å²) in [6.45, 7) is 8.66. The van der Waals surface area contributed by atoms with Gasteiger partial charge in [0, 0.05) is 0 Å². The van der Waals surface area contributed by atoms with Crippen molar-refractivity contribution in [3.63, 3.8) is 0 Å². The smallest absolute Gasteiger partial charge is 0.335 e. The Hall–Kier alpha value is -1.31. The number of carboxylic acids is 1. The summed E-state index contributed by atoms with van der Waals surface area (Å²) in [5.41, 5.74) is 1.50. The molecule has 1 unspecified atom stereocenters. The third-order valence-corrected chi connectivity index (χ3v) is 3.19. The topological polar surface area (TPSA) is 37.3 Å². The van der Waals surface area contributed by atoms with Gasteiger partial charge in [0.05, 0.1) is 5.56 Å². The number of rotatable bonds is 4. The first kappa shape index (κ1) is 13.8. The number of carboxylic acid groups (broad SMARTS) is 1. The molecule has 0 spiro atoms. The van der Waals surface area contributed by atoms with Crippen molar-refractivity contribution in [2.24, 2.45) is 5.41 Å². The van der Waals surface area contributed by atoms with E-state index in [-0.39, 0.29) is 5.41 Å². The molecule has 0 radical (unpaired) electrons. The van der Waals surface area contributed by atoms with Gasteiger partial charge in [-0.05, 0) is 29.4 Å². The van der Waals surface area contributed by atoms with Gasteiger partial charge in [-0.15, -0.1) is 0 Å². The van der Waals surface area contributed by atoms with E-state index in [0.29, 0.717) is 11.5 Å². The van der Waals surface area contributed by atoms with Crippen LogP contribution in [0.4, 0.5) is 0 Å². The van der Waals surface area contributed by atoms with Gasteiger partial charge in [-0.2, -0.15) is 0 Å². The van der Waals surface area contributed by atoms with E-state index < -0.39 is 5.97 Å². The van der Waals surface area contributed by atoms with Crippen LogP contribution in [0, 0.1) is 5.41 Å². The van der Waals surface area contributed by atoms with Crippen LogP contribution >= 0.6 is 0 Å². The molecule has 0 saturated heterocycles. The maximum absolute atomic E-state index is 11.3. The summed E-state index contributed by atoms with van der Waals surface area (Å²) in [5.74, 6) is -0.536. The zero-order valence-corrected chi connectivity index (χ0v) is 11.2. The van der Waals surface area contributed by atoms with Gasteiger partial charge in [0.15, 0.2) is 0 Å². The molecule has 0 aliphatic rings. The molecular weight excluding hydrogens is 212 g/mol. The summed E-state index contributed by atoms with van der Waals surface area (Å²) >= 11 is 0. The fraction of sp³-hybridized carbons (Fsp3) is 0.533. The van der Waals surface area contributed by atoms with Crippen LogP contribution in [0.25, 0.3) is 0 Å². The monoisotopic (exact) mass is 234 g/mol. The van der Waals surface area contributed by atoms with Gasteiger partial charge < -0.3 is 5.11 Å². The quantitative estimate of drug-likeness (QED) is 0.842. The lowest BCUT2D eigenvalue weighted by Gasteiger charge is -2.32. The van der Waals surface area contributed by atoms with Crippen molar-refractivity contribution in [2.75, 3.05) is 0 Å². The van der Waals surface area contributed by atoms with E-state index in [1.807, 2.05) is 12.1 Å². The van der Waals surface area contributed by atoms with Crippen LogP contribution in [0.5, 0.6) is 0 Å². The van der Waals surface area contributed by atoms with Gasteiger partial charge in [-0.1, -0.05) is 52.3 Å². The van der Waals surface area contributed by atoms with E-state index in [2.05, 4.69) is 27.7 Å². The molecule has 0 aromatic heterocycles. The summed E-state index contributed by atoms with van der Waals surface area (Å²) < 4.78 is 0. The second-order valence-corrected chi connectivity index (χ2v) is 5.60. The molecule has 0 amide bonds. The highest BCUT2D eigenvalue weighted by atomic mass is 16.4. The predicted molar refractivity (Wildman–Crippen MR) is 70.5 cm³/mol. The first-order valence-electron chi connectivity index (χ1n) is 6.20. The SMILES string of the molecule is CCCC(c1ccccc1C(=O)O)C(C)(C)C. The predicted octanol–water partition coefficient (Wildman–Crippen LogP) is 4.31. The highest BCUT2D eigenvalue weighted by molar-refractivity contribution is 5.89. The molecule has 1 rings (SSSR count). The van der Waals surface area contributed by atoms with Gasteiger partial charge in [0.25, 0.3) is 0 Å². The Morgan fingerprint density at radius 1 is 1.29 bits per heavy atom. The average molecular weight is 234 g/mol. The highest BCUT2D eigenvalue weighted by Gasteiger charge is 2.28. The lowest BCUT2D eigenvalue weighted by atomic mass is 9.73. The van der Waals surface area contributed by atoms with E-state index in [0.717, 1.165) is 18.4 Å². The lowest BCUT2D eigenvalue weighted by Crippen LogP contribution is -2.20. The highest BCUT2D eigenvalue weighted by Crippen LogP contribution is 2.39. The molecule has 1 atom stereocenters. The summed E-state index contributed by atoms with van der Waals surface area (Å²) in [7, 11) is 0. The van der Waals surface area contributed by atoms with E-state index >= 15 is 0 Å².